The molecule has 6 heteroatoms. The topological polar surface area (TPSA) is 49.9 Å². The van der Waals surface area contributed by atoms with Crippen molar-refractivity contribution in [3.8, 4) is 11.1 Å². The number of nitrogens with zero attached hydrogens (tertiary/aromatic N) is 2. The molecule has 0 aliphatic carbocycles. The number of sulfone groups is 1. The molecule has 0 spiro atoms. The second kappa shape index (κ2) is 8.30. The van der Waals surface area contributed by atoms with Crippen LogP contribution >= 0.6 is 0 Å². The van der Waals surface area contributed by atoms with Crippen molar-refractivity contribution in [1.29, 1.82) is 0 Å². The fourth-order valence-corrected chi connectivity index (χ4v) is 4.62. The number of rotatable bonds is 6. The molecule has 2 aromatic carbocycles. The zero-order valence-electron chi connectivity index (χ0n) is 17.0. The number of likely N-dealkylation sites (tertiary alicyclic amines) is 1. The van der Waals surface area contributed by atoms with Crippen LogP contribution in [0.4, 0.5) is 5.69 Å². The van der Waals surface area contributed by atoms with E-state index in [2.05, 4.69) is 18.0 Å². The van der Waals surface area contributed by atoms with Gasteiger partial charge in [0.15, 0.2) is 9.84 Å². The predicted molar refractivity (Wildman–Crippen MR) is 116 cm³/mol. The van der Waals surface area contributed by atoms with Gasteiger partial charge in [-0.05, 0) is 73.7 Å². The van der Waals surface area contributed by atoms with Gasteiger partial charge in [-0.2, -0.15) is 0 Å². The second-order valence-electron chi connectivity index (χ2n) is 8.01. The molecule has 0 radical (unpaired) electrons. The lowest BCUT2D eigenvalue weighted by Crippen LogP contribution is -2.28. The Labute approximate surface area is 173 Å². The number of hydrogen-bond acceptors (Lipinski definition) is 5. The Morgan fingerprint density at radius 3 is 2.28 bits per heavy atom. The molecule has 2 aliphatic heterocycles. The lowest BCUT2D eigenvalue weighted by molar-refractivity contribution is 0.173. The zero-order chi connectivity index (χ0) is 20.4. The van der Waals surface area contributed by atoms with Gasteiger partial charge < -0.3 is 4.90 Å². The third kappa shape index (κ3) is 4.71. The van der Waals surface area contributed by atoms with E-state index in [9.17, 15) is 8.42 Å². The Hall–Kier alpha value is -2.15. The summed E-state index contributed by atoms with van der Waals surface area (Å²) in [7, 11) is -3.17. The predicted octanol–water partition coefficient (Wildman–Crippen LogP) is 4.27. The highest BCUT2D eigenvalue weighted by molar-refractivity contribution is 7.90. The van der Waals surface area contributed by atoms with E-state index in [-0.39, 0.29) is 0 Å². The summed E-state index contributed by atoms with van der Waals surface area (Å²) < 4.78 is 23.2. The Kier molecular flexibility index (Phi) is 5.76. The molecular weight excluding hydrogens is 384 g/mol. The fraction of sp³-hybridized carbons (Fsp3) is 0.391. The Morgan fingerprint density at radius 2 is 1.69 bits per heavy atom. The van der Waals surface area contributed by atoms with Gasteiger partial charge in [0.05, 0.1) is 17.2 Å². The highest BCUT2D eigenvalue weighted by Gasteiger charge is 2.21. The average molecular weight is 413 g/mol. The first-order chi connectivity index (χ1) is 13.9. The van der Waals surface area contributed by atoms with Crippen molar-refractivity contribution in [3.63, 3.8) is 0 Å². The largest absolute Gasteiger partial charge is 0.300 e. The highest BCUT2D eigenvalue weighted by atomic mass is 32.2. The molecule has 0 aromatic heterocycles. The molecule has 4 rings (SSSR count). The van der Waals surface area contributed by atoms with Crippen molar-refractivity contribution in [2.24, 2.45) is 0 Å². The second-order valence-corrected chi connectivity index (χ2v) is 10.0. The molecule has 0 amide bonds. The van der Waals surface area contributed by atoms with Crippen LogP contribution in [-0.4, -0.2) is 45.3 Å². The van der Waals surface area contributed by atoms with Gasteiger partial charge in [0, 0.05) is 25.0 Å². The van der Waals surface area contributed by atoms with Gasteiger partial charge in [-0.25, -0.2) is 13.5 Å². The molecule has 2 heterocycles. The molecule has 1 atom stereocenters. The van der Waals surface area contributed by atoms with Gasteiger partial charge in [-0.3, -0.25) is 4.84 Å². The average Bonchev–Trinajstić information content (AvgIpc) is 3.35. The van der Waals surface area contributed by atoms with Crippen molar-refractivity contribution < 1.29 is 13.3 Å². The summed E-state index contributed by atoms with van der Waals surface area (Å²) in [5.41, 5.74) is 4.35. The maximum Gasteiger partial charge on any atom is 0.175 e. The van der Waals surface area contributed by atoms with E-state index in [0.29, 0.717) is 17.5 Å². The van der Waals surface area contributed by atoms with Gasteiger partial charge >= 0.3 is 0 Å². The van der Waals surface area contributed by atoms with Crippen LogP contribution in [-0.2, 0) is 14.7 Å². The van der Waals surface area contributed by atoms with Crippen LogP contribution in [0, 0.1) is 0 Å². The van der Waals surface area contributed by atoms with Crippen LogP contribution in [0.15, 0.2) is 65.2 Å². The van der Waals surface area contributed by atoms with Crippen LogP contribution in [0.5, 0.6) is 0 Å². The van der Waals surface area contributed by atoms with E-state index in [1.165, 1.54) is 31.2 Å². The van der Waals surface area contributed by atoms with E-state index in [1.807, 2.05) is 41.5 Å². The number of benzene rings is 2. The number of anilines is 1. The first kappa shape index (κ1) is 20.1. The molecule has 154 valence electrons. The zero-order valence-corrected chi connectivity index (χ0v) is 17.9. The molecule has 29 heavy (non-hydrogen) atoms. The molecule has 5 nitrogen and oxygen atoms in total. The summed E-state index contributed by atoms with van der Waals surface area (Å²) in [5.74, 6) is 0. The SMILES string of the molecule is C[C@@H]1CCCN1CCC1=CN(c2ccc(-c3ccc(S(C)(=O)=O)cc3)cc2)OC1. The minimum Gasteiger partial charge on any atom is -0.300 e. The number of hydroxylamine groups is 1. The van der Waals surface area contributed by atoms with E-state index in [0.717, 1.165) is 29.8 Å². The first-order valence-electron chi connectivity index (χ1n) is 10.2. The fourth-order valence-electron chi connectivity index (χ4n) is 3.99. The van der Waals surface area contributed by atoms with Crippen LogP contribution in [0.2, 0.25) is 0 Å². The summed E-state index contributed by atoms with van der Waals surface area (Å²) in [6.45, 7) is 5.28. The molecule has 0 saturated carbocycles. The molecule has 0 unspecified atom stereocenters. The van der Waals surface area contributed by atoms with Crippen LogP contribution in [0.3, 0.4) is 0 Å². The Morgan fingerprint density at radius 1 is 1.03 bits per heavy atom. The molecule has 0 N–H and O–H groups in total. The maximum atomic E-state index is 11.6. The summed E-state index contributed by atoms with van der Waals surface area (Å²) in [4.78, 5) is 8.75. The van der Waals surface area contributed by atoms with E-state index in [4.69, 9.17) is 4.84 Å². The van der Waals surface area contributed by atoms with E-state index in [1.54, 1.807) is 12.1 Å². The standard InChI is InChI=1S/C23H28N2O3S/c1-18-4-3-14-24(18)15-13-19-16-25(28-17-19)22-9-5-20(6-10-22)21-7-11-23(12-8-21)29(2,26)27/h5-12,16,18H,3-4,13-15,17H2,1-2H3/t18-/m1/s1. The third-order valence-corrected chi connectivity index (χ3v) is 6.97. The van der Waals surface area contributed by atoms with Crippen molar-refractivity contribution in [2.45, 2.75) is 37.1 Å². The first-order valence-corrected chi connectivity index (χ1v) is 12.1. The van der Waals surface area contributed by atoms with Gasteiger partial charge in [-0.1, -0.05) is 24.3 Å². The lowest BCUT2D eigenvalue weighted by Gasteiger charge is -2.20. The monoisotopic (exact) mass is 412 g/mol. The lowest BCUT2D eigenvalue weighted by atomic mass is 10.1. The van der Waals surface area contributed by atoms with Gasteiger partial charge in [0.25, 0.3) is 0 Å². The summed E-state index contributed by atoms with van der Waals surface area (Å²) in [6, 6.07) is 15.8. The minimum absolute atomic E-state index is 0.337. The van der Waals surface area contributed by atoms with Crippen molar-refractivity contribution in [2.75, 3.05) is 31.0 Å². The Bertz CT molecular complexity index is 982. The van der Waals surface area contributed by atoms with Crippen LogP contribution in [0.1, 0.15) is 26.2 Å². The normalized spacial score (nSPS) is 20.3. The molecule has 0 bridgehead atoms. The summed E-state index contributed by atoms with van der Waals surface area (Å²) in [6.07, 6.45) is 7.00. The molecular formula is C23H28N2O3S. The highest BCUT2D eigenvalue weighted by Crippen LogP contribution is 2.28. The third-order valence-electron chi connectivity index (χ3n) is 5.84. The molecule has 1 fully saturated rings. The molecule has 1 saturated heterocycles. The van der Waals surface area contributed by atoms with E-state index < -0.39 is 9.84 Å². The van der Waals surface area contributed by atoms with Crippen molar-refractivity contribution in [3.05, 3.63) is 60.3 Å². The van der Waals surface area contributed by atoms with Gasteiger partial charge in [0.1, 0.15) is 0 Å². The molecule has 2 aliphatic rings. The number of hydrogen-bond donors (Lipinski definition) is 0. The molecule has 2 aromatic rings. The van der Waals surface area contributed by atoms with Crippen molar-refractivity contribution in [1.82, 2.24) is 4.90 Å². The summed E-state index contributed by atoms with van der Waals surface area (Å²) >= 11 is 0. The van der Waals surface area contributed by atoms with Gasteiger partial charge in [-0.15, -0.1) is 0 Å². The minimum atomic E-state index is -3.17. The van der Waals surface area contributed by atoms with Crippen LogP contribution in [0.25, 0.3) is 11.1 Å². The van der Waals surface area contributed by atoms with Crippen molar-refractivity contribution >= 4 is 15.5 Å². The quantitative estimate of drug-likeness (QED) is 0.709. The Balaban J connectivity index is 1.39. The summed E-state index contributed by atoms with van der Waals surface area (Å²) in [5, 5.41) is 1.85. The van der Waals surface area contributed by atoms with E-state index >= 15 is 0 Å². The van der Waals surface area contributed by atoms with Gasteiger partial charge in [0.2, 0.25) is 0 Å². The smallest absolute Gasteiger partial charge is 0.175 e. The van der Waals surface area contributed by atoms with Crippen LogP contribution < -0.4 is 5.06 Å². The maximum absolute atomic E-state index is 11.6.